The third-order valence-electron chi connectivity index (χ3n) is 7.72. The van der Waals surface area contributed by atoms with Gasteiger partial charge in [0.1, 0.15) is 11.5 Å². The summed E-state index contributed by atoms with van der Waals surface area (Å²) in [5.74, 6) is 1.08. The van der Waals surface area contributed by atoms with Crippen LogP contribution in [-0.2, 0) is 6.54 Å². The van der Waals surface area contributed by atoms with Crippen LogP contribution in [0.2, 0.25) is 0 Å². The van der Waals surface area contributed by atoms with E-state index in [2.05, 4.69) is 31.3 Å². The number of H-pyrrole nitrogens is 1. The van der Waals surface area contributed by atoms with Crippen LogP contribution in [0.15, 0.2) is 65.6 Å². The van der Waals surface area contributed by atoms with Gasteiger partial charge in [-0.1, -0.05) is 36.4 Å². The Morgan fingerprint density at radius 3 is 2.39 bits per heavy atom. The molecule has 5 heterocycles. The second-order valence-electron chi connectivity index (χ2n) is 10.9. The van der Waals surface area contributed by atoms with Crippen molar-refractivity contribution in [3.63, 3.8) is 0 Å². The molecule has 4 aromatic heterocycles. The third kappa shape index (κ3) is 5.55. The molecule has 4 N–H and O–H groups in total. The monoisotopic (exact) mass is 550 g/mol. The first-order chi connectivity index (χ1) is 19.9. The number of piperidine rings is 1. The number of aromatic nitrogens is 6. The van der Waals surface area contributed by atoms with Crippen molar-refractivity contribution in [2.45, 2.75) is 46.2 Å². The van der Waals surface area contributed by atoms with Crippen molar-refractivity contribution in [2.24, 2.45) is 0 Å². The number of aromatic amines is 1. The van der Waals surface area contributed by atoms with Gasteiger partial charge in [0.25, 0.3) is 0 Å². The van der Waals surface area contributed by atoms with Gasteiger partial charge in [-0.25, -0.2) is 14.9 Å². The minimum Gasteiger partial charge on any atom is -0.367 e. The third-order valence-corrected chi connectivity index (χ3v) is 7.72. The molecule has 6 rings (SSSR count). The number of nitrogens with zero attached hydrogens (tertiary/aromatic N) is 6. The largest absolute Gasteiger partial charge is 0.428 e. The molecule has 5 aromatic rings. The Kier molecular flexibility index (Phi) is 7.23. The van der Waals surface area contributed by atoms with Crippen molar-refractivity contribution < 1.29 is 4.40 Å². The van der Waals surface area contributed by atoms with E-state index in [9.17, 15) is 4.79 Å². The molecule has 0 aliphatic carbocycles. The van der Waals surface area contributed by atoms with Crippen molar-refractivity contribution in [1.29, 1.82) is 0 Å². The fraction of sp³-hybridized carbons (Fsp3) is 0.323. The summed E-state index contributed by atoms with van der Waals surface area (Å²) in [6, 6.07) is 18.5. The zero-order chi connectivity index (χ0) is 28.5. The van der Waals surface area contributed by atoms with Gasteiger partial charge in [-0.3, -0.25) is 4.98 Å². The molecule has 210 valence electrons. The molecule has 0 saturated carbocycles. The van der Waals surface area contributed by atoms with E-state index in [1.165, 1.54) is 4.40 Å². The van der Waals surface area contributed by atoms with E-state index in [1.54, 1.807) is 4.68 Å². The Hall–Kier alpha value is -4.57. The molecular formula is C31H36N9O+. The summed E-state index contributed by atoms with van der Waals surface area (Å²) in [5, 5.41) is 6.94. The predicted octanol–water partition coefficient (Wildman–Crippen LogP) is 3.52. The molecule has 0 radical (unpaired) electrons. The number of anilines is 2. The molecule has 1 aliphatic heterocycles. The van der Waals surface area contributed by atoms with E-state index in [4.69, 9.17) is 10.7 Å². The number of nitrogen functional groups attached to an aromatic ring is 1. The zero-order valence-corrected chi connectivity index (χ0v) is 23.8. The topological polar surface area (TPSA) is 122 Å². The van der Waals surface area contributed by atoms with E-state index >= 15 is 0 Å². The molecule has 0 amide bonds. The van der Waals surface area contributed by atoms with Gasteiger partial charge in [0.15, 0.2) is 0 Å². The number of hydrogen-bond acceptors (Lipinski definition) is 7. The lowest BCUT2D eigenvalue weighted by Crippen LogP contribution is -2.46. The first-order valence-corrected chi connectivity index (χ1v) is 14.1. The minimum atomic E-state index is -0.227. The molecule has 41 heavy (non-hydrogen) atoms. The van der Waals surface area contributed by atoms with Crippen molar-refractivity contribution >= 4 is 17.4 Å². The lowest BCUT2D eigenvalue weighted by molar-refractivity contribution is -0.516. The van der Waals surface area contributed by atoms with Crippen molar-refractivity contribution in [3.05, 3.63) is 88.2 Å². The van der Waals surface area contributed by atoms with Crippen LogP contribution < -0.4 is 21.1 Å². The zero-order valence-electron chi connectivity index (χ0n) is 23.8. The molecule has 0 spiro atoms. The summed E-state index contributed by atoms with van der Waals surface area (Å²) in [7, 11) is 0. The second kappa shape index (κ2) is 11.1. The average Bonchev–Trinajstić information content (AvgIpc) is 3.30. The summed E-state index contributed by atoms with van der Waals surface area (Å²) in [5.41, 5.74) is 13.2. The van der Waals surface area contributed by atoms with Crippen LogP contribution in [0.25, 0.3) is 28.0 Å². The number of nitrogens with two attached hydrogens (primary N) is 1. The van der Waals surface area contributed by atoms with Gasteiger partial charge in [-0.05, 0) is 62.9 Å². The predicted molar refractivity (Wildman–Crippen MR) is 161 cm³/mol. The van der Waals surface area contributed by atoms with E-state index in [0.717, 1.165) is 77.6 Å². The highest BCUT2D eigenvalue weighted by Crippen LogP contribution is 2.33. The van der Waals surface area contributed by atoms with Crippen LogP contribution in [0, 0.1) is 20.8 Å². The highest BCUT2D eigenvalue weighted by Gasteiger charge is 2.27. The summed E-state index contributed by atoms with van der Waals surface area (Å²) in [4.78, 5) is 29.8. The molecule has 1 saturated heterocycles. The highest BCUT2D eigenvalue weighted by atomic mass is 16.2. The van der Waals surface area contributed by atoms with Crippen LogP contribution in [0.5, 0.6) is 0 Å². The lowest BCUT2D eigenvalue weighted by atomic mass is 9.99. The number of nitrogens with one attached hydrogen (secondary N) is 2. The first-order valence-electron chi connectivity index (χ1n) is 14.1. The van der Waals surface area contributed by atoms with E-state index in [1.807, 2.05) is 75.5 Å². The number of aryl methyl sites for hydroxylation is 3. The Morgan fingerprint density at radius 2 is 1.71 bits per heavy atom. The molecule has 1 fully saturated rings. The molecule has 1 aromatic carbocycles. The smallest absolute Gasteiger partial charge is 0.367 e. The van der Waals surface area contributed by atoms with Gasteiger partial charge < -0.3 is 16.0 Å². The molecule has 1 aliphatic rings. The maximum atomic E-state index is 13.6. The summed E-state index contributed by atoms with van der Waals surface area (Å²) < 4.78 is 3.13. The second-order valence-corrected chi connectivity index (χ2v) is 10.9. The Bertz CT molecular complexity index is 1710. The van der Waals surface area contributed by atoms with E-state index in [-0.39, 0.29) is 11.6 Å². The molecule has 10 heteroatoms. The van der Waals surface area contributed by atoms with Crippen molar-refractivity contribution in [1.82, 2.24) is 29.6 Å². The number of pyridine rings is 2. The van der Waals surface area contributed by atoms with Crippen LogP contribution in [0.4, 0.5) is 11.8 Å². The molecular weight excluding hydrogens is 514 g/mol. The molecule has 0 unspecified atom stereocenters. The normalized spacial score (nSPS) is 14.5. The Balaban J connectivity index is 1.27. The number of likely N-dealkylation sites (tertiary alicyclic amines) is 1. The van der Waals surface area contributed by atoms with Gasteiger partial charge in [0, 0.05) is 48.8 Å². The standard InChI is InChI=1S/C31H35N9O/c1-20-9-10-26(33-19-20)35-25-11-13-38(14-12-25)15-16-39-31(41)40-29(37-39)27(24-17-21(2)34-22(3)18-24)28(36-30(40)32)23-7-5-4-6-8-23/h4-10,17-19,25H,11-16H2,1-3H3,(H3,32,33,34,35,36,37)/p+1. The molecule has 10 nitrogen and oxygen atoms in total. The fourth-order valence-electron chi connectivity index (χ4n) is 5.67. The van der Waals surface area contributed by atoms with Crippen molar-refractivity contribution in [2.75, 3.05) is 30.7 Å². The van der Waals surface area contributed by atoms with Gasteiger partial charge in [0.05, 0.1) is 12.1 Å². The summed E-state index contributed by atoms with van der Waals surface area (Å²) >= 11 is 0. The number of rotatable bonds is 7. The number of benzene rings is 1. The summed E-state index contributed by atoms with van der Waals surface area (Å²) in [6.07, 6.45) is 3.93. The SMILES string of the molecule is Cc1ccc(NC2CCN(CCn3[nH]c4c(-c5cc(C)nc(C)c5)c(-c5ccccc5)nc(N)[n+]4c3=O)CC2)nc1. The van der Waals surface area contributed by atoms with Crippen LogP contribution in [-0.4, -0.2) is 55.3 Å². The molecule has 0 atom stereocenters. The average molecular weight is 551 g/mol. The van der Waals surface area contributed by atoms with Gasteiger partial charge in [-0.2, -0.15) is 4.68 Å². The maximum Gasteiger partial charge on any atom is 0.428 e. The fourth-order valence-corrected chi connectivity index (χ4v) is 5.67. The molecule has 0 bridgehead atoms. The van der Waals surface area contributed by atoms with Gasteiger partial charge in [0.2, 0.25) is 5.65 Å². The van der Waals surface area contributed by atoms with Gasteiger partial charge in [-0.15, -0.1) is 9.38 Å². The minimum absolute atomic E-state index is 0.154. The lowest BCUT2D eigenvalue weighted by Gasteiger charge is -2.32. The first kappa shape index (κ1) is 26.6. The maximum absolute atomic E-state index is 13.6. The highest BCUT2D eigenvalue weighted by molar-refractivity contribution is 5.88. The van der Waals surface area contributed by atoms with Gasteiger partial charge >= 0.3 is 11.6 Å². The van der Waals surface area contributed by atoms with E-state index < -0.39 is 0 Å². The quantitative estimate of drug-likeness (QED) is 0.265. The number of hydrogen-bond donors (Lipinski definition) is 3. The Morgan fingerprint density at radius 1 is 0.976 bits per heavy atom. The van der Waals surface area contributed by atoms with Crippen LogP contribution in [0.3, 0.4) is 0 Å². The summed E-state index contributed by atoms with van der Waals surface area (Å²) in [6.45, 7) is 9.16. The van der Waals surface area contributed by atoms with Crippen molar-refractivity contribution in [3.8, 4) is 22.4 Å². The number of fused-ring (bicyclic) bond motifs is 1. The van der Waals surface area contributed by atoms with Crippen LogP contribution >= 0.6 is 0 Å². The van der Waals surface area contributed by atoms with Crippen LogP contribution in [0.1, 0.15) is 29.8 Å². The Labute approximate surface area is 238 Å². The van der Waals surface area contributed by atoms with E-state index in [0.29, 0.717) is 18.2 Å².